The SMILES string of the molecule is COC(=O)[C@H]1O[C@@H](O[C@H]2CC[C@]3(C)[C@H]4CC=C5[C@@H]6CC(C)(C)CC[C@]6(C(=O)O[C@@H]6OC[C@H](O)[C@H](O)[C@H]6O[C@@H]6O[C@@H](C)[C@H](O[C@@H]7OC[C@@H](O)[C@H](O)[C@H]7O)[C@@H](O)[C@H]6O)[C@H](O)C[C@@]5(C)[C@]4(C)CC[C@H]3C2(C)C)[C@H](O)[C@@H](O[C@@H]2OC[C@@H](O)[C@H](O)[C@H]2O)[C@@H]1O. The molecule has 26 nitrogen and oxygen atoms in total. The minimum absolute atomic E-state index is 0.0296. The fourth-order valence-electron chi connectivity index (χ4n) is 17.3. The van der Waals surface area contributed by atoms with Gasteiger partial charge in [-0.3, -0.25) is 4.79 Å². The molecular formula is C58H92O26. The van der Waals surface area contributed by atoms with Gasteiger partial charge in [0.2, 0.25) is 6.29 Å². The summed E-state index contributed by atoms with van der Waals surface area (Å²) >= 11 is 0. The molecule has 84 heavy (non-hydrogen) atoms. The summed E-state index contributed by atoms with van der Waals surface area (Å²) in [6.45, 7) is 15.5. The third-order valence-electron chi connectivity index (χ3n) is 22.5. The first-order valence-corrected chi connectivity index (χ1v) is 29.9. The second-order valence-corrected chi connectivity index (χ2v) is 28.0. The molecule has 9 fully saturated rings. The number of allylic oxidation sites excluding steroid dienone is 2. The van der Waals surface area contributed by atoms with Crippen LogP contribution in [0.2, 0.25) is 0 Å². The lowest BCUT2D eigenvalue weighted by molar-refractivity contribution is -0.369. The van der Waals surface area contributed by atoms with Crippen LogP contribution in [0.15, 0.2) is 11.6 Å². The molecule has 26 heteroatoms. The Bertz CT molecular complexity index is 2400. The van der Waals surface area contributed by atoms with Crippen LogP contribution in [-0.2, 0) is 61.7 Å². The lowest BCUT2D eigenvalue weighted by atomic mass is 9.33. The Hall–Kier alpha value is -2.20. The highest BCUT2D eigenvalue weighted by Crippen LogP contribution is 2.76. The molecule has 0 unspecified atom stereocenters. The van der Waals surface area contributed by atoms with Gasteiger partial charge >= 0.3 is 11.9 Å². The van der Waals surface area contributed by atoms with E-state index in [1.807, 2.05) is 0 Å². The third kappa shape index (κ3) is 10.6. The molecule has 0 radical (unpaired) electrons. The number of carbonyl (C=O) groups excluding carboxylic acids is 2. The van der Waals surface area contributed by atoms with Crippen molar-refractivity contribution in [3.8, 4) is 0 Å². The largest absolute Gasteiger partial charge is 0.467 e. The number of fused-ring (bicyclic) bond motifs is 7. The van der Waals surface area contributed by atoms with Gasteiger partial charge in [0.15, 0.2) is 37.4 Å². The van der Waals surface area contributed by atoms with Crippen LogP contribution in [-0.4, -0.2) is 253 Å². The Morgan fingerprint density at radius 3 is 1.73 bits per heavy atom. The van der Waals surface area contributed by atoms with Crippen molar-refractivity contribution in [3.05, 3.63) is 11.6 Å². The van der Waals surface area contributed by atoms with Crippen LogP contribution in [0.25, 0.3) is 0 Å². The van der Waals surface area contributed by atoms with Gasteiger partial charge in [0, 0.05) is 0 Å². The van der Waals surface area contributed by atoms with Gasteiger partial charge in [-0.15, -0.1) is 0 Å². The van der Waals surface area contributed by atoms with Gasteiger partial charge in [-0.1, -0.05) is 60.1 Å². The second kappa shape index (κ2) is 23.6. The fourth-order valence-corrected chi connectivity index (χ4v) is 17.3. The summed E-state index contributed by atoms with van der Waals surface area (Å²) in [6.07, 6.45) is -30.3. The van der Waals surface area contributed by atoms with Crippen molar-refractivity contribution in [1.82, 2.24) is 0 Å². The van der Waals surface area contributed by atoms with Crippen LogP contribution in [0.4, 0.5) is 0 Å². The van der Waals surface area contributed by atoms with E-state index < -0.39 is 200 Å². The van der Waals surface area contributed by atoms with Gasteiger partial charge < -0.3 is 118 Å². The Kier molecular flexibility index (Phi) is 18.2. The first-order valence-electron chi connectivity index (χ1n) is 29.9. The molecule has 480 valence electrons. The van der Waals surface area contributed by atoms with Gasteiger partial charge in [0.05, 0.1) is 45.2 Å². The number of carbonyl (C=O) groups is 2. The Balaban J connectivity index is 0.868. The number of rotatable bonds is 11. The summed E-state index contributed by atoms with van der Waals surface area (Å²) < 4.78 is 64.2. The minimum Gasteiger partial charge on any atom is -0.467 e. The van der Waals surface area contributed by atoms with E-state index in [2.05, 4.69) is 54.5 Å². The molecule has 13 N–H and O–H groups in total. The van der Waals surface area contributed by atoms with Crippen LogP contribution in [0, 0.1) is 50.2 Å². The average molecular weight is 1210 g/mol. The highest BCUT2D eigenvalue weighted by atomic mass is 16.8. The standard InChI is InChI=1S/C58H92O26/c1-23-42(80-47-37(67)33(63)26(59)20-75-47)36(66)39(69)49(78-23)83-45-35(65)28(61)22-77-51(45)84-52(73)58-17-16-53(2,3)18-25(58)24-10-11-30-55(6)14-13-32(54(4,5)29(55)12-15-56(30,7)57(24,8)19-31(58)62)79-50-41(71)43(40(70)44(82-50)46(72)74-9)81-48-38(68)34(64)27(60)21-76-48/h10,23,25-45,47-51,59-71H,11-22H2,1-9H3/t23-,25-,26+,27+,28-,29-,30+,31+,32-,33-,34-,35-,36-,37+,38+,39+,40-,41+,42-,43-,44-,45+,47-,48-,49-,50+,51-,55-,56+,57+,58+/m0/s1. The third-order valence-corrected chi connectivity index (χ3v) is 22.5. The molecule has 0 aromatic carbocycles. The number of ether oxygens (including phenoxy) is 11. The van der Waals surface area contributed by atoms with E-state index in [9.17, 15) is 71.2 Å². The van der Waals surface area contributed by atoms with Crippen molar-refractivity contribution in [2.45, 2.75) is 261 Å². The summed E-state index contributed by atoms with van der Waals surface area (Å²) in [5.74, 6) is -2.17. The van der Waals surface area contributed by atoms with Gasteiger partial charge in [-0.2, -0.15) is 0 Å². The first kappa shape index (κ1) is 64.8. The number of hydrogen-bond donors (Lipinski definition) is 13. The number of aliphatic hydroxyl groups is 13. The molecule has 31 atom stereocenters. The highest BCUT2D eigenvalue weighted by Gasteiger charge is 2.72. The Morgan fingerprint density at radius 1 is 0.548 bits per heavy atom. The van der Waals surface area contributed by atoms with E-state index in [1.165, 1.54) is 6.92 Å². The first-order chi connectivity index (χ1) is 39.3. The normalized spacial score (nSPS) is 53.6. The van der Waals surface area contributed by atoms with Crippen molar-refractivity contribution in [2.24, 2.45) is 50.2 Å². The quantitative estimate of drug-likeness (QED) is 0.0598. The molecule has 4 saturated carbocycles. The zero-order valence-electron chi connectivity index (χ0n) is 49.3. The monoisotopic (exact) mass is 1200 g/mol. The average Bonchev–Trinajstić information content (AvgIpc) is 0.710. The zero-order valence-corrected chi connectivity index (χ0v) is 49.3. The molecule has 5 heterocycles. The van der Waals surface area contributed by atoms with E-state index >= 15 is 4.79 Å². The topological polar surface area (TPSA) is 399 Å². The Labute approximate surface area is 488 Å². The fraction of sp³-hybridized carbons (Fsp3) is 0.931. The summed E-state index contributed by atoms with van der Waals surface area (Å²) in [7, 11) is 1.11. The molecule has 5 saturated heterocycles. The Morgan fingerprint density at radius 2 is 1.11 bits per heavy atom. The van der Waals surface area contributed by atoms with E-state index in [0.717, 1.165) is 25.5 Å². The minimum atomic E-state index is -1.89. The van der Waals surface area contributed by atoms with E-state index in [4.69, 9.17) is 52.1 Å². The van der Waals surface area contributed by atoms with Crippen molar-refractivity contribution >= 4 is 11.9 Å². The van der Waals surface area contributed by atoms with Crippen LogP contribution < -0.4 is 0 Å². The number of aliphatic hydroxyl groups excluding tert-OH is 13. The van der Waals surface area contributed by atoms with Crippen LogP contribution in [0.3, 0.4) is 0 Å². The lowest BCUT2D eigenvalue weighted by Gasteiger charge is -2.71. The van der Waals surface area contributed by atoms with Gasteiger partial charge in [0.1, 0.15) is 90.9 Å². The van der Waals surface area contributed by atoms with E-state index in [0.29, 0.717) is 32.1 Å². The van der Waals surface area contributed by atoms with E-state index in [-0.39, 0.29) is 42.1 Å². The predicted octanol–water partition coefficient (Wildman–Crippen LogP) is -2.11. The predicted molar refractivity (Wildman–Crippen MR) is 282 cm³/mol. The summed E-state index contributed by atoms with van der Waals surface area (Å²) in [5, 5.41) is 143. The number of hydrogen-bond acceptors (Lipinski definition) is 26. The molecule has 10 aliphatic rings. The van der Waals surface area contributed by atoms with Gasteiger partial charge in [-0.05, 0) is 110 Å². The van der Waals surface area contributed by atoms with Crippen molar-refractivity contribution in [1.29, 1.82) is 0 Å². The van der Waals surface area contributed by atoms with Gasteiger partial charge in [-0.25, -0.2) is 4.79 Å². The summed E-state index contributed by atoms with van der Waals surface area (Å²) in [6, 6.07) is 0. The maximum atomic E-state index is 15.4. The number of methoxy groups -OCH3 is 1. The molecule has 5 aliphatic heterocycles. The van der Waals surface area contributed by atoms with Crippen LogP contribution in [0.1, 0.15) is 113 Å². The zero-order chi connectivity index (χ0) is 61.3. The molecule has 0 amide bonds. The maximum absolute atomic E-state index is 15.4. The lowest BCUT2D eigenvalue weighted by Crippen LogP contribution is -2.68. The van der Waals surface area contributed by atoms with E-state index in [1.54, 1.807) is 0 Å². The van der Waals surface area contributed by atoms with Crippen LogP contribution in [0.5, 0.6) is 0 Å². The highest BCUT2D eigenvalue weighted by molar-refractivity contribution is 5.80. The van der Waals surface area contributed by atoms with Crippen molar-refractivity contribution < 1.29 is 128 Å². The summed E-state index contributed by atoms with van der Waals surface area (Å²) in [5.41, 5.74) is -2.65. The molecule has 0 aromatic heterocycles. The number of esters is 2. The molecule has 0 bridgehead atoms. The maximum Gasteiger partial charge on any atom is 0.337 e. The summed E-state index contributed by atoms with van der Waals surface area (Å²) in [4.78, 5) is 28.5. The van der Waals surface area contributed by atoms with Gasteiger partial charge in [0.25, 0.3) is 0 Å². The second-order valence-electron chi connectivity index (χ2n) is 28.0. The molecular weight excluding hydrogens is 1110 g/mol. The molecule has 5 aliphatic carbocycles. The van der Waals surface area contributed by atoms with Crippen molar-refractivity contribution in [2.75, 3.05) is 26.9 Å². The smallest absolute Gasteiger partial charge is 0.337 e. The molecule has 0 aromatic rings. The molecule has 10 rings (SSSR count). The van der Waals surface area contributed by atoms with Crippen LogP contribution >= 0.6 is 0 Å². The molecule has 0 spiro atoms. The van der Waals surface area contributed by atoms with Crippen molar-refractivity contribution in [3.63, 3.8) is 0 Å².